The number of rotatable bonds is 3. The predicted molar refractivity (Wildman–Crippen MR) is 108 cm³/mol. The number of carbonyl (C=O) groups is 1. The van der Waals surface area contributed by atoms with Crippen LogP contribution in [0, 0.1) is 19.3 Å². The average Bonchev–Trinajstić information content (AvgIpc) is 3.16. The van der Waals surface area contributed by atoms with Gasteiger partial charge in [-0.1, -0.05) is 42.4 Å². The van der Waals surface area contributed by atoms with E-state index in [1.165, 1.54) is 0 Å². The van der Waals surface area contributed by atoms with Crippen molar-refractivity contribution in [3.8, 4) is 0 Å². The molecule has 1 aromatic heterocycles. The van der Waals surface area contributed by atoms with Gasteiger partial charge < -0.3 is 19.6 Å². The number of amides is 1. The van der Waals surface area contributed by atoms with Crippen LogP contribution in [0.4, 0.5) is 0 Å². The van der Waals surface area contributed by atoms with Gasteiger partial charge in [0.05, 0.1) is 30.4 Å². The van der Waals surface area contributed by atoms with Crippen molar-refractivity contribution >= 4 is 5.91 Å². The fraction of sp³-hybridized carbons (Fsp3) is 0.565. The number of fused-ring (bicyclic) bond motifs is 1. The molecule has 1 aliphatic heterocycles. The first-order valence-corrected chi connectivity index (χ1v) is 10.5. The van der Waals surface area contributed by atoms with Gasteiger partial charge in [0.25, 0.3) is 0 Å². The van der Waals surface area contributed by atoms with Crippen LogP contribution in [0.5, 0.6) is 0 Å². The van der Waals surface area contributed by atoms with E-state index in [0.717, 1.165) is 29.7 Å². The first-order valence-electron chi connectivity index (χ1n) is 10.5. The molecular formula is C23H30N2O4. The Bertz CT molecular complexity index is 861. The van der Waals surface area contributed by atoms with E-state index in [4.69, 9.17) is 4.52 Å². The highest BCUT2D eigenvalue weighted by Gasteiger charge is 2.56. The van der Waals surface area contributed by atoms with Crippen molar-refractivity contribution in [2.24, 2.45) is 5.41 Å². The topological polar surface area (TPSA) is 86.8 Å². The van der Waals surface area contributed by atoms with Gasteiger partial charge in [0, 0.05) is 17.0 Å². The monoisotopic (exact) mass is 398 g/mol. The summed E-state index contributed by atoms with van der Waals surface area (Å²) in [5.41, 5.74) is 2.09. The van der Waals surface area contributed by atoms with Crippen molar-refractivity contribution in [3.05, 3.63) is 52.9 Å². The highest BCUT2D eigenvalue weighted by atomic mass is 16.5. The Morgan fingerprint density at radius 1 is 1.24 bits per heavy atom. The highest BCUT2D eigenvalue weighted by Crippen LogP contribution is 2.53. The van der Waals surface area contributed by atoms with Crippen LogP contribution < -0.4 is 0 Å². The van der Waals surface area contributed by atoms with Gasteiger partial charge in [0.2, 0.25) is 5.91 Å². The zero-order valence-corrected chi connectivity index (χ0v) is 17.3. The molecule has 4 rings (SSSR count). The van der Waals surface area contributed by atoms with E-state index >= 15 is 0 Å². The number of benzene rings is 1. The Kier molecular flexibility index (Phi) is 5.25. The molecule has 1 amide bonds. The average molecular weight is 399 g/mol. The number of aliphatic hydroxyl groups is 2. The third-order valence-corrected chi connectivity index (χ3v) is 7.07. The largest absolute Gasteiger partial charge is 0.390 e. The van der Waals surface area contributed by atoms with Crippen LogP contribution in [0.15, 0.2) is 34.9 Å². The van der Waals surface area contributed by atoms with Crippen LogP contribution in [0.25, 0.3) is 0 Å². The summed E-state index contributed by atoms with van der Waals surface area (Å²) in [6, 6.07) is 9.76. The summed E-state index contributed by atoms with van der Waals surface area (Å²) in [4.78, 5) is 15.6. The minimum atomic E-state index is -0.849. The van der Waals surface area contributed by atoms with Gasteiger partial charge in [0.1, 0.15) is 5.76 Å². The zero-order valence-electron chi connectivity index (χ0n) is 17.3. The normalized spacial score (nSPS) is 32.1. The van der Waals surface area contributed by atoms with Gasteiger partial charge in [-0.25, -0.2) is 0 Å². The number of carbonyl (C=O) groups excluding carboxylic acids is 1. The maximum absolute atomic E-state index is 13.6. The molecule has 0 unspecified atom stereocenters. The summed E-state index contributed by atoms with van der Waals surface area (Å²) in [7, 11) is 0. The molecule has 2 aliphatic rings. The number of hydrogen-bond acceptors (Lipinski definition) is 5. The Morgan fingerprint density at radius 3 is 2.62 bits per heavy atom. The molecule has 1 saturated heterocycles. The van der Waals surface area contributed by atoms with E-state index < -0.39 is 17.6 Å². The van der Waals surface area contributed by atoms with Crippen molar-refractivity contribution in [3.63, 3.8) is 0 Å². The molecular weight excluding hydrogens is 368 g/mol. The standard InChI is InChI=1S/C23H30N2O4/c1-14-17(15(2)29-24-14)12-21(27)25-18(16-8-5-4-6-9-16)13-23(3)20(25)11-7-10-19(26)22(23)28/h4-6,8-9,18-20,22,26,28H,7,10-13H2,1-3H3/t18-,19-,20-,22+,23-/m1/s1. The van der Waals surface area contributed by atoms with Crippen molar-refractivity contribution in [1.29, 1.82) is 0 Å². The number of nitrogens with zero attached hydrogens (tertiary/aromatic N) is 2. The summed E-state index contributed by atoms with van der Waals surface area (Å²) in [5, 5.41) is 25.4. The van der Waals surface area contributed by atoms with Crippen molar-refractivity contribution in [2.75, 3.05) is 0 Å². The summed E-state index contributed by atoms with van der Waals surface area (Å²) in [6.45, 7) is 5.71. The molecule has 2 aromatic rings. The lowest BCUT2D eigenvalue weighted by Gasteiger charge is -2.38. The summed E-state index contributed by atoms with van der Waals surface area (Å²) in [5.74, 6) is 0.691. The molecule has 6 nitrogen and oxygen atoms in total. The number of aromatic nitrogens is 1. The Labute approximate surface area is 171 Å². The smallest absolute Gasteiger partial charge is 0.227 e. The second-order valence-electron chi connectivity index (χ2n) is 8.88. The number of aryl methyl sites for hydroxylation is 2. The molecule has 0 spiro atoms. The third kappa shape index (κ3) is 3.38. The molecule has 1 saturated carbocycles. The number of likely N-dealkylation sites (tertiary alicyclic amines) is 1. The number of hydrogen-bond donors (Lipinski definition) is 2. The van der Waals surface area contributed by atoms with Gasteiger partial charge >= 0.3 is 0 Å². The first kappa shape index (κ1) is 20.1. The molecule has 29 heavy (non-hydrogen) atoms. The van der Waals surface area contributed by atoms with Gasteiger partial charge in [-0.2, -0.15) is 0 Å². The fourth-order valence-corrected chi connectivity index (χ4v) is 5.39. The van der Waals surface area contributed by atoms with E-state index in [1.807, 2.05) is 56.0 Å². The molecule has 2 heterocycles. The van der Waals surface area contributed by atoms with E-state index in [9.17, 15) is 15.0 Å². The van der Waals surface area contributed by atoms with Gasteiger partial charge in [-0.05, 0) is 45.1 Å². The molecule has 1 aromatic carbocycles. The van der Waals surface area contributed by atoms with E-state index in [1.54, 1.807) is 0 Å². The van der Waals surface area contributed by atoms with Crippen LogP contribution in [0.3, 0.4) is 0 Å². The minimum Gasteiger partial charge on any atom is -0.390 e. The molecule has 0 radical (unpaired) electrons. The molecule has 2 N–H and O–H groups in total. The van der Waals surface area contributed by atoms with E-state index in [-0.39, 0.29) is 24.4 Å². The van der Waals surface area contributed by atoms with Crippen LogP contribution in [-0.2, 0) is 11.2 Å². The first-order chi connectivity index (χ1) is 13.8. The molecule has 2 fully saturated rings. The Balaban J connectivity index is 1.73. The van der Waals surface area contributed by atoms with Gasteiger partial charge in [-0.15, -0.1) is 0 Å². The van der Waals surface area contributed by atoms with E-state index in [0.29, 0.717) is 18.6 Å². The molecule has 156 valence electrons. The highest BCUT2D eigenvalue weighted by molar-refractivity contribution is 5.80. The minimum absolute atomic E-state index is 0.0190. The van der Waals surface area contributed by atoms with Crippen LogP contribution in [-0.4, -0.2) is 44.4 Å². The Hall–Kier alpha value is -2.18. The number of aliphatic hydroxyl groups excluding tert-OH is 2. The van der Waals surface area contributed by atoms with Crippen molar-refractivity contribution in [1.82, 2.24) is 10.1 Å². The summed E-state index contributed by atoms with van der Waals surface area (Å²) < 4.78 is 5.25. The zero-order chi connectivity index (χ0) is 20.8. The predicted octanol–water partition coefficient (Wildman–Crippen LogP) is 3.09. The van der Waals surface area contributed by atoms with E-state index in [2.05, 4.69) is 5.16 Å². The van der Waals surface area contributed by atoms with Crippen LogP contribution >= 0.6 is 0 Å². The lowest BCUT2D eigenvalue weighted by Crippen LogP contribution is -2.49. The van der Waals surface area contributed by atoms with Crippen molar-refractivity contribution in [2.45, 2.75) is 77.2 Å². The molecule has 0 bridgehead atoms. The Morgan fingerprint density at radius 2 is 1.97 bits per heavy atom. The third-order valence-electron chi connectivity index (χ3n) is 7.07. The van der Waals surface area contributed by atoms with Crippen LogP contribution in [0.2, 0.25) is 0 Å². The summed E-state index contributed by atoms with van der Waals surface area (Å²) in [6.07, 6.45) is 1.39. The molecule has 6 heteroatoms. The molecule has 5 atom stereocenters. The quantitative estimate of drug-likeness (QED) is 0.830. The lowest BCUT2D eigenvalue weighted by molar-refractivity contribution is -0.135. The second kappa shape index (κ2) is 7.58. The van der Waals surface area contributed by atoms with Crippen LogP contribution in [0.1, 0.15) is 61.2 Å². The fourth-order valence-electron chi connectivity index (χ4n) is 5.39. The maximum Gasteiger partial charge on any atom is 0.227 e. The lowest BCUT2D eigenvalue weighted by atomic mass is 9.74. The van der Waals surface area contributed by atoms with Gasteiger partial charge in [-0.3, -0.25) is 4.79 Å². The maximum atomic E-state index is 13.6. The van der Waals surface area contributed by atoms with Crippen molar-refractivity contribution < 1.29 is 19.5 Å². The molecule has 1 aliphatic carbocycles. The second-order valence-corrected chi connectivity index (χ2v) is 8.88. The SMILES string of the molecule is Cc1noc(C)c1CC(=O)N1[C@@H](c2ccccc2)C[C@@]2(C)[C@@H](O)[C@H](O)CCC[C@@H]12. The summed E-state index contributed by atoms with van der Waals surface area (Å²) >= 11 is 0. The van der Waals surface area contributed by atoms with Gasteiger partial charge in [0.15, 0.2) is 0 Å².